The van der Waals surface area contributed by atoms with E-state index in [0.29, 0.717) is 48.1 Å². The molecule has 1 saturated heterocycles. The smallest absolute Gasteiger partial charge is 0.234 e. The number of para-hydroxylation sites is 1. The summed E-state index contributed by atoms with van der Waals surface area (Å²) in [5.41, 5.74) is 1.76. The first kappa shape index (κ1) is 22.7. The topological polar surface area (TPSA) is 78.4 Å². The van der Waals surface area contributed by atoms with Gasteiger partial charge in [-0.15, -0.1) is 0 Å². The third kappa shape index (κ3) is 5.87. The van der Waals surface area contributed by atoms with Crippen LogP contribution in [0.2, 0.25) is 0 Å². The Morgan fingerprint density at radius 2 is 1.76 bits per heavy atom. The number of nitrogens with zero attached hydrogens (tertiary/aromatic N) is 4. The minimum absolute atomic E-state index is 0.0521. The molecule has 1 aliphatic heterocycles. The number of carbonyl (C=O) groups excluding carboxylic acids is 2. The van der Waals surface area contributed by atoms with Gasteiger partial charge in [0.1, 0.15) is 23.0 Å². The monoisotopic (exact) mass is 465 g/mol. The summed E-state index contributed by atoms with van der Waals surface area (Å²) in [5.74, 6) is 0.526. The summed E-state index contributed by atoms with van der Waals surface area (Å²) in [6.45, 7) is 4.29. The van der Waals surface area contributed by atoms with Crippen molar-refractivity contribution < 1.29 is 14.0 Å². The molecule has 0 aliphatic carbocycles. The highest BCUT2D eigenvalue weighted by Crippen LogP contribution is 2.24. The molecule has 1 aromatic heterocycles. The van der Waals surface area contributed by atoms with E-state index in [0.717, 1.165) is 5.82 Å². The molecule has 33 heavy (non-hydrogen) atoms. The molecule has 0 spiro atoms. The molecule has 9 heteroatoms. The predicted molar refractivity (Wildman–Crippen MR) is 129 cm³/mol. The fourth-order valence-corrected chi connectivity index (χ4v) is 4.28. The van der Waals surface area contributed by atoms with E-state index in [1.165, 1.54) is 31.1 Å². The molecule has 0 saturated carbocycles. The molecule has 170 valence electrons. The maximum Gasteiger partial charge on any atom is 0.234 e. The number of anilines is 3. The Hall–Kier alpha value is -3.46. The van der Waals surface area contributed by atoms with Gasteiger partial charge in [0.05, 0.1) is 11.4 Å². The highest BCUT2D eigenvalue weighted by atomic mass is 32.2. The number of Topliss-reactive ketones (excluding diaryl/α,β-unsaturated/α-hetero) is 1. The number of hydrogen-bond acceptors (Lipinski definition) is 7. The SMILES string of the molecule is CC(=O)c1cccc(NC(=O)CSc2cc(N3CCN(c4ccccc4F)CC3)ncn2)c1. The van der Waals surface area contributed by atoms with Crippen LogP contribution >= 0.6 is 11.8 Å². The third-order valence-electron chi connectivity index (χ3n) is 5.33. The quantitative estimate of drug-likeness (QED) is 0.322. The lowest BCUT2D eigenvalue weighted by Gasteiger charge is -2.36. The molecule has 1 N–H and O–H groups in total. The Kier molecular flexibility index (Phi) is 7.19. The van der Waals surface area contributed by atoms with Gasteiger partial charge in [0.25, 0.3) is 0 Å². The van der Waals surface area contributed by atoms with Crippen LogP contribution in [-0.2, 0) is 4.79 Å². The van der Waals surface area contributed by atoms with E-state index in [1.54, 1.807) is 36.4 Å². The molecule has 1 aliphatic rings. The standard InChI is InChI=1S/C24H24FN5O2S/c1-17(31)18-5-4-6-19(13-18)28-23(32)15-33-24-14-22(26-16-27-24)30-11-9-29(10-12-30)21-8-3-2-7-20(21)25/h2-8,13-14,16H,9-12,15H2,1H3,(H,28,32). The largest absolute Gasteiger partial charge is 0.366 e. The number of halogens is 1. The van der Waals surface area contributed by atoms with Gasteiger partial charge in [-0.05, 0) is 31.2 Å². The summed E-state index contributed by atoms with van der Waals surface area (Å²) in [6, 6.07) is 15.5. The van der Waals surface area contributed by atoms with Crippen molar-refractivity contribution in [2.45, 2.75) is 11.9 Å². The van der Waals surface area contributed by atoms with Gasteiger partial charge in [0.15, 0.2) is 5.78 Å². The number of hydrogen-bond donors (Lipinski definition) is 1. The molecule has 7 nitrogen and oxygen atoms in total. The van der Waals surface area contributed by atoms with Crippen LogP contribution in [0.5, 0.6) is 0 Å². The van der Waals surface area contributed by atoms with Crippen LogP contribution < -0.4 is 15.1 Å². The number of ketones is 1. The van der Waals surface area contributed by atoms with Crippen LogP contribution in [0.1, 0.15) is 17.3 Å². The first-order valence-electron chi connectivity index (χ1n) is 10.6. The maximum absolute atomic E-state index is 14.1. The van der Waals surface area contributed by atoms with E-state index in [1.807, 2.05) is 17.0 Å². The lowest BCUT2D eigenvalue weighted by Crippen LogP contribution is -2.47. The summed E-state index contributed by atoms with van der Waals surface area (Å²) in [6.07, 6.45) is 1.50. The predicted octanol–water partition coefficient (Wildman–Crippen LogP) is 3.88. The van der Waals surface area contributed by atoms with Gasteiger partial charge in [-0.2, -0.15) is 0 Å². The minimum atomic E-state index is -0.210. The van der Waals surface area contributed by atoms with Gasteiger partial charge in [0, 0.05) is 43.5 Å². The lowest BCUT2D eigenvalue weighted by molar-refractivity contribution is -0.113. The van der Waals surface area contributed by atoms with E-state index in [4.69, 9.17) is 0 Å². The van der Waals surface area contributed by atoms with Gasteiger partial charge in [-0.25, -0.2) is 14.4 Å². The number of amides is 1. The van der Waals surface area contributed by atoms with Gasteiger partial charge < -0.3 is 15.1 Å². The van der Waals surface area contributed by atoms with Crippen LogP contribution in [0.3, 0.4) is 0 Å². The number of aromatic nitrogens is 2. The van der Waals surface area contributed by atoms with Crippen LogP contribution in [0.4, 0.5) is 21.6 Å². The zero-order valence-electron chi connectivity index (χ0n) is 18.2. The van der Waals surface area contributed by atoms with E-state index in [-0.39, 0.29) is 23.3 Å². The number of piperazine rings is 1. The average Bonchev–Trinajstić information content (AvgIpc) is 2.83. The summed E-state index contributed by atoms with van der Waals surface area (Å²) in [5, 5.41) is 3.51. The first-order chi connectivity index (χ1) is 16.0. The van der Waals surface area contributed by atoms with Crippen molar-refractivity contribution in [1.29, 1.82) is 0 Å². The van der Waals surface area contributed by atoms with Crippen molar-refractivity contribution in [3.63, 3.8) is 0 Å². The number of rotatable bonds is 7. The highest BCUT2D eigenvalue weighted by Gasteiger charge is 2.20. The molecule has 1 fully saturated rings. The van der Waals surface area contributed by atoms with Crippen LogP contribution in [0.15, 0.2) is 66.0 Å². The van der Waals surface area contributed by atoms with Gasteiger partial charge in [-0.3, -0.25) is 9.59 Å². The van der Waals surface area contributed by atoms with E-state index in [2.05, 4.69) is 20.2 Å². The molecule has 1 amide bonds. The zero-order chi connectivity index (χ0) is 23.2. The summed E-state index contributed by atoms with van der Waals surface area (Å²) in [4.78, 5) is 36.7. The molecular weight excluding hydrogens is 441 g/mol. The molecule has 0 unspecified atom stereocenters. The second-order valence-electron chi connectivity index (χ2n) is 7.61. The molecular formula is C24H24FN5O2S. The van der Waals surface area contributed by atoms with Crippen molar-refractivity contribution >= 4 is 40.6 Å². The lowest BCUT2D eigenvalue weighted by atomic mass is 10.1. The number of nitrogens with one attached hydrogen (secondary N) is 1. The molecule has 2 heterocycles. The molecule has 0 bridgehead atoms. The second-order valence-corrected chi connectivity index (χ2v) is 8.61. The fraction of sp³-hybridized carbons (Fsp3) is 0.250. The summed E-state index contributed by atoms with van der Waals surface area (Å²) >= 11 is 1.32. The zero-order valence-corrected chi connectivity index (χ0v) is 19.0. The van der Waals surface area contributed by atoms with Gasteiger partial charge in [0.2, 0.25) is 5.91 Å². The van der Waals surface area contributed by atoms with E-state index >= 15 is 0 Å². The Morgan fingerprint density at radius 3 is 2.52 bits per heavy atom. The van der Waals surface area contributed by atoms with E-state index < -0.39 is 0 Å². The molecule has 4 rings (SSSR count). The molecule has 2 aromatic carbocycles. The third-order valence-corrected chi connectivity index (χ3v) is 6.25. The Morgan fingerprint density at radius 1 is 1.00 bits per heavy atom. The summed E-state index contributed by atoms with van der Waals surface area (Å²) < 4.78 is 14.1. The Bertz CT molecular complexity index is 1150. The van der Waals surface area contributed by atoms with Gasteiger partial charge >= 0.3 is 0 Å². The Labute approximate surface area is 196 Å². The number of carbonyl (C=O) groups is 2. The highest BCUT2D eigenvalue weighted by molar-refractivity contribution is 7.99. The van der Waals surface area contributed by atoms with Crippen molar-refractivity contribution in [2.24, 2.45) is 0 Å². The Balaban J connectivity index is 1.31. The van der Waals surface area contributed by atoms with Crippen molar-refractivity contribution in [3.05, 3.63) is 72.3 Å². The number of thioether (sulfide) groups is 1. The summed E-state index contributed by atoms with van der Waals surface area (Å²) in [7, 11) is 0. The van der Waals surface area contributed by atoms with Crippen LogP contribution in [-0.4, -0.2) is 53.6 Å². The fourth-order valence-electron chi connectivity index (χ4n) is 3.62. The van der Waals surface area contributed by atoms with E-state index in [9.17, 15) is 14.0 Å². The van der Waals surface area contributed by atoms with Crippen molar-refractivity contribution in [1.82, 2.24) is 9.97 Å². The van der Waals surface area contributed by atoms with Crippen molar-refractivity contribution in [3.8, 4) is 0 Å². The molecule has 0 radical (unpaired) electrons. The minimum Gasteiger partial charge on any atom is -0.366 e. The second kappa shape index (κ2) is 10.4. The normalized spacial score (nSPS) is 13.6. The first-order valence-corrected chi connectivity index (χ1v) is 11.6. The van der Waals surface area contributed by atoms with Crippen LogP contribution in [0.25, 0.3) is 0 Å². The van der Waals surface area contributed by atoms with Crippen LogP contribution in [0, 0.1) is 5.82 Å². The van der Waals surface area contributed by atoms with Crippen molar-refractivity contribution in [2.75, 3.05) is 47.0 Å². The average molecular weight is 466 g/mol. The molecule has 0 atom stereocenters. The van der Waals surface area contributed by atoms with Gasteiger partial charge in [-0.1, -0.05) is 36.0 Å². The number of benzene rings is 2. The molecule has 3 aromatic rings. The maximum atomic E-state index is 14.1.